The fourth-order valence-corrected chi connectivity index (χ4v) is 4.49. The van der Waals surface area contributed by atoms with E-state index in [9.17, 15) is 13.2 Å². The van der Waals surface area contributed by atoms with Crippen LogP contribution in [0.1, 0.15) is 23.1 Å². The summed E-state index contributed by atoms with van der Waals surface area (Å²) in [5.74, 6) is 0.339. The molecule has 1 atom stereocenters. The molecule has 0 aromatic heterocycles. The Balaban J connectivity index is 2.06. The lowest BCUT2D eigenvalue weighted by Gasteiger charge is -2.19. The van der Waals surface area contributed by atoms with Crippen LogP contribution in [0.3, 0.4) is 0 Å². The zero-order chi connectivity index (χ0) is 22.7. The summed E-state index contributed by atoms with van der Waals surface area (Å²) in [5.41, 5.74) is 2.91. The van der Waals surface area contributed by atoms with Gasteiger partial charge < -0.3 is 10.2 Å². The van der Waals surface area contributed by atoms with Crippen molar-refractivity contribution < 1.29 is 13.2 Å². The molecule has 168 valence electrons. The predicted molar refractivity (Wildman–Crippen MR) is 130 cm³/mol. The van der Waals surface area contributed by atoms with E-state index in [1.165, 1.54) is 6.08 Å². The van der Waals surface area contributed by atoms with Crippen molar-refractivity contribution in [2.75, 3.05) is 26.1 Å². The molecule has 2 aromatic rings. The number of carbonyl (C=O) groups is 1. The lowest BCUT2D eigenvalue weighted by atomic mass is 10.1. The second-order valence-electron chi connectivity index (χ2n) is 7.43. The summed E-state index contributed by atoms with van der Waals surface area (Å²) >= 11 is 1.57. The quantitative estimate of drug-likeness (QED) is 0.508. The number of nitrogens with one attached hydrogen (secondary N) is 2. The molecule has 0 saturated heterocycles. The largest absolute Gasteiger partial charge is 0.351 e. The lowest BCUT2D eigenvalue weighted by Crippen LogP contribution is -2.46. The molecule has 8 heteroatoms. The van der Waals surface area contributed by atoms with Crippen molar-refractivity contribution in [3.05, 3.63) is 76.7 Å². The molecule has 0 unspecified atom stereocenters. The van der Waals surface area contributed by atoms with E-state index in [-0.39, 0.29) is 5.91 Å². The SMILES string of the molecule is CSCC[C@H](NS(=O)(=O)/C=C/c1ccccc1)C(=O)NCc1ccccc1CN(C)C. The van der Waals surface area contributed by atoms with Gasteiger partial charge in [0.2, 0.25) is 15.9 Å². The van der Waals surface area contributed by atoms with Gasteiger partial charge in [-0.25, -0.2) is 8.42 Å². The van der Waals surface area contributed by atoms with Crippen molar-refractivity contribution in [3.63, 3.8) is 0 Å². The van der Waals surface area contributed by atoms with Crippen LogP contribution in [-0.4, -0.2) is 51.4 Å². The maximum absolute atomic E-state index is 12.8. The number of hydrogen-bond acceptors (Lipinski definition) is 5. The van der Waals surface area contributed by atoms with Crippen LogP contribution in [0.2, 0.25) is 0 Å². The fourth-order valence-electron chi connectivity index (χ4n) is 2.98. The van der Waals surface area contributed by atoms with E-state index in [4.69, 9.17) is 0 Å². The van der Waals surface area contributed by atoms with E-state index in [2.05, 4.69) is 14.9 Å². The highest BCUT2D eigenvalue weighted by Gasteiger charge is 2.23. The molecule has 31 heavy (non-hydrogen) atoms. The average Bonchev–Trinajstić information content (AvgIpc) is 2.75. The van der Waals surface area contributed by atoms with E-state index in [0.717, 1.165) is 28.6 Å². The van der Waals surface area contributed by atoms with Crippen LogP contribution in [0.25, 0.3) is 6.08 Å². The molecule has 2 aromatic carbocycles. The highest BCUT2D eigenvalue weighted by Crippen LogP contribution is 2.11. The fraction of sp³-hybridized carbons (Fsp3) is 0.348. The number of thioether (sulfide) groups is 1. The minimum absolute atomic E-state index is 0.328. The minimum atomic E-state index is -3.77. The number of sulfonamides is 1. The maximum atomic E-state index is 12.8. The van der Waals surface area contributed by atoms with E-state index in [1.54, 1.807) is 11.8 Å². The first kappa shape index (κ1) is 25.1. The molecule has 0 fully saturated rings. The van der Waals surface area contributed by atoms with Gasteiger partial charge in [0, 0.05) is 18.5 Å². The predicted octanol–water partition coefficient (Wildman–Crippen LogP) is 3.08. The molecule has 6 nitrogen and oxygen atoms in total. The van der Waals surface area contributed by atoms with Crippen LogP contribution in [0.15, 0.2) is 60.0 Å². The molecule has 0 aliphatic heterocycles. The Kier molecular flexibility index (Phi) is 10.3. The molecule has 0 radical (unpaired) electrons. The first-order valence-corrected chi connectivity index (χ1v) is 13.0. The first-order chi connectivity index (χ1) is 14.8. The number of amides is 1. The molecule has 2 N–H and O–H groups in total. The average molecular weight is 462 g/mol. The summed E-state index contributed by atoms with van der Waals surface area (Å²) < 4.78 is 27.6. The molecule has 0 aliphatic carbocycles. The Hall–Kier alpha value is -2.13. The van der Waals surface area contributed by atoms with E-state index in [0.29, 0.717) is 18.7 Å². The zero-order valence-electron chi connectivity index (χ0n) is 18.2. The summed E-state index contributed by atoms with van der Waals surface area (Å²) in [5, 5.41) is 4.01. The standard InChI is InChI=1S/C23H31N3O3S2/c1-26(2)18-21-12-8-7-11-20(21)17-24-23(27)22(13-15-30-3)25-31(28,29)16-14-19-9-5-4-6-10-19/h4-12,14,16,22,25H,13,15,17-18H2,1-3H3,(H,24,27)/b16-14+/t22-/m0/s1. The van der Waals surface area contributed by atoms with Crippen molar-refractivity contribution >= 4 is 33.8 Å². The van der Waals surface area contributed by atoms with Gasteiger partial charge in [-0.05, 0) is 55.3 Å². The smallest absolute Gasteiger partial charge is 0.238 e. The molecule has 0 heterocycles. The topological polar surface area (TPSA) is 78.5 Å². The Morgan fingerprint density at radius 1 is 1.06 bits per heavy atom. The number of nitrogens with zero attached hydrogens (tertiary/aromatic N) is 1. The van der Waals surface area contributed by atoms with Crippen LogP contribution < -0.4 is 10.0 Å². The van der Waals surface area contributed by atoms with E-state index >= 15 is 0 Å². The normalized spacial score (nSPS) is 12.9. The summed E-state index contributed by atoms with van der Waals surface area (Å²) in [6.45, 7) is 1.11. The highest BCUT2D eigenvalue weighted by atomic mass is 32.2. The van der Waals surface area contributed by atoms with Gasteiger partial charge >= 0.3 is 0 Å². The van der Waals surface area contributed by atoms with Gasteiger partial charge in [-0.1, -0.05) is 54.6 Å². The van der Waals surface area contributed by atoms with Crippen LogP contribution >= 0.6 is 11.8 Å². The van der Waals surface area contributed by atoms with Gasteiger partial charge in [-0.3, -0.25) is 4.79 Å². The third-order valence-corrected chi connectivity index (χ3v) is 6.28. The number of carbonyl (C=O) groups excluding carboxylic acids is 1. The maximum Gasteiger partial charge on any atom is 0.238 e. The Morgan fingerprint density at radius 3 is 2.35 bits per heavy atom. The zero-order valence-corrected chi connectivity index (χ0v) is 19.9. The Bertz CT molecular complexity index is 961. The third-order valence-electron chi connectivity index (χ3n) is 4.53. The van der Waals surface area contributed by atoms with Crippen LogP contribution in [-0.2, 0) is 27.9 Å². The third kappa shape index (κ3) is 9.26. The number of rotatable bonds is 12. The van der Waals surface area contributed by atoms with Crippen molar-refractivity contribution in [1.82, 2.24) is 14.9 Å². The van der Waals surface area contributed by atoms with Crippen molar-refractivity contribution in [1.29, 1.82) is 0 Å². The summed E-state index contributed by atoms with van der Waals surface area (Å²) in [4.78, 5) is 14.9. The minimum Gasteiger partial charge on any atom is -0.351 e. The van der Waals surface area contributed by atoms with Gasteiger partial charge in [0.1, 0.15) is 6.04 Å². The molecule has 0 spiro atoms. The van der Waals surface area contributed by atoms with Gasteiger partial charge in [0.25, 0.3) is 0 Å². The molecule has 1 amide bonds. The second-order valence-corrected chi connectivity index (χ2v) is 10.0. The summed E-state index contributed by atoms with van der Waals surface area (Å²) in [7, 11) is 0.214. The van der Waals surface area contributed by atoms with Crippen LogP contribution in [0.4, 0.5) is 0 Å². The molecule has 0 saturated carbocycles. The molecular formula is C23H31N3O3S2. The Labute approximate surface area is 190 Å². The number of benzene rings is 2. The van der Waals surface area contributed by atoms with Gasteiger partial charge in [-0.2, -0.15) is 16.5 Å². The molecule has 0 bridgehead atoms. The molecular weight excluding hydrogens is 430 g/mol. The Morgan fingerprint density at radius 2 is 1.71 bits per heavy atom. The lowest BCUT2D eigenvalue weighted by molar-refractivity contribution is -0.122. The second kappa shape index (κ2) is 12.7. The van der Waals surface area contributed by atoms with Crippen molar-refractivity contribution in [2.24, 2.45) is 0 Å². The highest BCUT2D eigenvalue weighted by molar-refractivity contribution is 7.98. The summed E-state index contributed by atoms with van der Waals surface area (Å²) in [6.07, 6.45) is 3.85. The van der Waals surface area contributed by atoms with Gasteiger partial charge in [0.15, 0.2) is 0 Å². The summed E-state index contributed by atoms with van der Waals surface area (Å²) in [6, 6.07) is 16.2. The molecule has 0 aliphatic rings. The molecule has 2 rings (SSSR count). The van der Waals surface area contributed by atoms with Gasteiger partial charge in [-0.15, -0.1) is 0 Å². The number of hydrogen-bond donors (Lipinski definition) is 2. The van der Waals surface area contributed by atoms with Crippen LogP contribution in [0.5, 0.6) is 0 Å². The van der Waals surface area contributed by atoms with E-state index < -0.39 is 16.1 Å². The van der Waals surface area contributed by atoms with Crippen molar-refractivity contribution in [3.8, 4) is 0 Å². The van der Waals surface area contributed by atoms with Crippen molar-refractivity contribution in [2.45, 2.75) is 25.6 Å². The monoisotopic (exact) mass is 461 g/mol. The van der Waals surface area contributed by atoms with Crippen LogP contribution in [0, 0.1) is 0 Å². The van der Waals surface area contributed by atoms with E-state index in [1.807, 2.05) is 74.9 Å². The van der Waals surface area contributed by atoms with Gasteiger partial charge in [0.05, 0.1) is 0 Å². The first-order valence-electron chi connectivity index (χ1n) is 10.0.